The first-order valence-corrected chi connectivity index (χ1v) is 7.86. The van der Waals surface area contributed by atoms with E-state index >= 15 is 0 Å². The zero-order valence-electron chi connectivity index (χ0n) is 13.1. The van der Waals surface area contributed by atoms with Gasteiger partial charge in [-0.25, -0.2) is 4.79 Å². The Morgan fingerprint density at radius 3 is 2.58 bits per heavy atom. The molecule has 2 N–H and O–H groups in total. The van der Waals surface area contributed by atoms with E-state index in [4.69, 9.17) is 33.0 Å². The Labute approximate surface area is 158 Å². The Morgan fingerprint density at radius 1 is 1.19 bits per heavy atom. The van der Waals surface area contributed by atoms with Gasteiger partial charge in [-0.3, -0.25) is 4.79 Å². The van der Waals surface area contributed by atoms with E-state index < -0.39 is 17.5 Å². The molecular formula is C18H11Cl2NO5. The Kier molecular flexibility index (Phi) is 6.23. The van der Waals surface area contributed by atoms with Crippen molar-refractivity contribution in [2.24, 2.45) is 0 Å². The van der Waals surface area contributed by atoms with Crippen molar-refractivity contribution in [3.63, 3.8) is 0 Å². The van der Waals surface area contributed by atoms with Gasteiger partial charge in [0.2, 0.25) is 0 Å². The minimum Gasteiger partial charge on any atom is -0.507 e. The van der Waals surface area contributed by atoms with Crippen LogP contribution in [0.2, 0.25) is 10.0 Å². The first-order valence-electron chi connectivity index (χ1n) is 7.11. The van der Waals surface area contributed by atoms with Gasteiger partial charge in [-0.05, 0) is 24.3 Å². The van der Waals surface area contributed by atoms with Crippen molar-refractivity contribution in [1.82, 2.24) is 0 Å². The molecule has 26 heavy (non-hydrogen) atoms. The maximum atomic E-state index is 11.1. The van der Waals surface area contributed by atoms with E-state index in [9.17, 15) is 20.0 Å². The third-order valence-corrected chi connectivity index (χ3v) is 3.77. The molecule has 0 amide bonds. The fourth-order valence-electron chi connectivity index (χ4n) is 2.04. The molecule has 0 aromatic heterocycles. The monoisotopic (exact) mass is 391 g/mol. The van der Waals surface area contributed by atoms with E-state index in [0.717, 1.165) is 0 Å². The predicted octanol–water partition coefficient (Wildman–Crippen LogP) is 4.00. The van der Waals surface area contributed by atoms with E-state index in [1.54, 1.807) is 18.2 Å². The number of nitriles is 1. The van der Waals surface area contributed by atoms with Crippen molar-refractivity contribution in [1.29, 1.82) is 5.26 Å². The Hall–Kier alpha value is -3.01. The third-order valence-electron chi connectivity index (χ3n) is 3.25. The molecule has 0 atom stereocenters. The molecule has 0 fully saturated rings. The standard InChI is InChI=1S/C18H11Cl2NO5/c19-12-4-11(14(8-21)15(20)6-12)9-26-13-3-1-2-10(5-13)16(22)7-17(23)18(24)25/h1-7,22H,9H2,(H,24,25). The Bertz CT molecular complexity index is 947. The number of hydrogen-bond donors (Lipinski definition) is 2. The van der Waals surface area contributed by atoms with Gasteiger partial charge in [0.15, 0.2) is 0 Å². The number of benzene rings is 2. The lowest BCUT2D eigenvalue weighted by atomic mass is 10.1. The van der Waals surface area contributed by atoms with E-state index in [1.807, 2.05) is 6.07 Å². The fraction of sp³-hybridized carbons (Fsp3) is 0.0556. The summed E-state index contributed by atoms with van der Waals surface area (Å²) in [6, 6.07) is 11.0. The average Bonchev–Trinajstić information content (AvgIpc) is 2.59. The number of ether oxygens (including phenoxy) is 1. The summed E-state index contributed by atoms with van der Waals surface area (Å²) < 4.78 is 5.58. The van der Waals surface area contributed by atoms with Crippen molar-refractivity contribution in [3.8, 4) is 11.8 Å². The van der Waals surface area contributed by atoms with Crippen molar-refractivity contribution < 1.29 is 24.5 Å². The number of aliphatic hydroxyl groups is 1. The summed E-state index contributed by atoms with van der Waals surface area (Å²) in [5, 5.41) is 28.2. The van der Waals surface area contributed by atoms with Crippen LogP contribution in [0.1, 0.15) is 16.7 Å². The number of ketones is 1. The lowest BCUT2D eigenvalue weighted by Crippen LogP contribution is -2.09. The van der Waals surface area contributed by atoms with E-state index in [2.05, 4.69) is 0 Å². The number of carbonyl (C=O) groups excluding carboxylic acids is 1. The zero-order valence-corrected chi connectivity index (χ0v) is 14.6. The Balaban J connectivity index is 2.22. The highest BCUT2D eigenvalue weighted by atomic mass is 35.5. The number of hydrogen-bond acceptors (Lipinski definition) is 5. The Morgan fingerprint density at radius 2 is 1.92 bits per heavy atom. The second-order valence-corrected chi connectivity index (χ2v) is 5.89. The lowest BCUT2D eigenvalue weighted by Gasteiger charge is -2.10. The minimum atomic E-state index is -1.68. The lowest BCUT2D eigenvalue weighted by molar-refractivity contribution is -0.146. The van der Waals surface area contributed by atoms with E-state index in [-0.39, 0.29) is 22.8 Å². The van der Waals surface area contributed by atoms with Crippen molar-refractivity contribution in [2.75, 3.05) is 0 Å². The number of carbonyl (C=O) groups is 2. The van der Waals surface area contributed by atoms with E-state index in [0.29, 0.717) is 22.4 Å². The number of rotatable bonds is 6. The zero-order chi connectivity index (χ0) is 19.3. The maximum Gasteiger partial charge on any atom is 0.376 e. The van der Waals surface area contributed by atoms with Gasteiger partial charge in [-0.1, -0.05) is 35.3 Å². The molecule has 0 spiro atoms. The summed E-state index contributed by atoms with van der Waals surface area (Å²) in [6.45, 7) is -0.00877. The van der Waals surface area contributed by atoms with Crippen LogP contribution < -0.4 is 4.74 Å². The topological polar surface area (TPSA) is 108 Å². The number of aliphatic carboxylic acids is 1. The van der Waals surface area contributed by atoms with Crippen LogP contribution >= 0.6 is 23.2 Å². The number of carboxylic acid groups (broad SMARTS) is 1. The summed E-state index contributed by atoms with van der Waals surface area (Å²) in [5.41, 5.74) is 0.917. The number of halogens is 2. The molecule has 6 nitrogen and oxygen atoms in total. The van der Waals surface area contributed by atoms with Gasteiger partial charge in [0, 0.05) is 22.2 Å². The van der Waals surface area contributed by atoms with Crippen LogP contribution in [0.3, 0.4) is 0 Å². The SMILES string of the molecule is N#Cc1c(Cl)cc(Cl)cc1COc1cccc(C(O)=CC(=O)C(=O)O)c1. The van der Waals surface area contributed by atoms with Gasteiger partial charge in [0.1, 0.15) is 24.2 Å². The second-order valence-electron chi connectivity index (χ2n) is 5.05. The normalized spacial score (nSPS) is 10.9. The van der Waals surface area contributed by atoms with Crippen LogP contribution in [0.15, 0.2) is 42.5 Å². The van der Waals surface area contributed by atoms with Gasteiger partial charge in [0.05, 0.1) is 10.6 Å². The first-order chi connectivity index (χ1) is 12.3. The highest BCUT2D eigenvalue weighted by Crippen LogP contribution is 2.26. The second kappa shape index (κ2) is 8.39. The molecule has 132 valence electrons. The van der Waals surface area contributed by atoms with Crippen molar-refractivity contribution >= 4 is 40.7 Å². The third kappa shape index (κ3) is 4.76. The van der Waals surface area contributed by atoms with Gasteiger partial charge >= 0.3 is 5.97 Å². The molecule has 8 heteroatoms. The van der Waals surface area contributed by atoms with Gasteiger partial charge < -0.3 is 14.9 Å². The van der Waals surface area contributed by atoms with Crippen LogP contribution in [0.5, 0.6) is 5.75 Å². The molecule has 0 aliphatic heterocycles. The molecule has 0 heterocycles. The van der Waals surface area contributed by atoms with Crippen LogP contribution in [0.25, 0.3) is 5.76 Å². The van der Waals surface area contributed by atoms with Crippen LogP contribution in [0.4, 0.5) is 0 Å². The maximum absolute atomic E-state index is 11.1. The van der Waals surface area contributed by atoms with Gasteiger partial charge in [-0.2, -0.15) is 5.26 Å². The van der Waals surface area contributed by atoms with Crippen molar-refractivity contribution in [3.05, 3.63) is 69.2 Å². The molecule has 0 saturated heterocycles. The molecule has 0 aliphatic carbocycles. The molecule has 2 aromatic rings. The molecule has 2 rings (SSSR count). The quantitative estimate of drug-likeness (QED) is 0.437. The molecule has 2 aromatic carbocycles. The number of nitrogens with zero attached hydrogens (tertiary/aromatic N) is 1. The van der Waals surface area contributed by atoms with Crippen molar-refractivity contribution in [2.45, 2.75) is 6.61 Å². The fourth-order valence-corrected chi connectivity index (χ4v) is 2.62. The molecule has 0 radical (unpaired) electrons. The highest BCUT2D eigenvalue weighted by Gasteiger charge is 2.12. The summed E-state index contributed by atoms with van der Waals surface area (Å²) in [7, 11) is 0. The van der Waals surface area contributed by atoms with Crippen LogP contribution in [-0.2, 0) is 16.2 Å². The van der Waals surface area contributed by atoms with Crippen LogP contribution in [0, 0.1) is 11.3 Å². The van der Waals surface area contributed by atoms with Crippen LogP contribution in [-0.4, -0.2) is 22.0 Å². The van der Waals surface area contributed by atoms with E-state index in [1.165, 1.54) is 18.2 Å². The summed E-state index contributed by atoms with van der Waals surface area (Å²) in [6.07, 6.45) is 0.603. The number of aliphatic hydroxyl groups excluding tert-OH is 1. The average molecular weight is 392 g/mol. The number of carboxylic acids is 1. The summed E-state index contributed by atoms with van der Waals surface area (Å²) in [5.74, 6) is -3.11. The molecular weight excluding hydrogens is 381 g/mol. The predicted molar refractivity (Wildman–Crippen MR) is 95.2 cm³/mol. The molecule has 0 saturated carbocycles. The smallest absolute Gasteiger partial charge is 0.376 e. The minimum absolute atomic E-state index is 0.00877. The summed E-state index contributed by atoms with van der Waals surface area (Å²) >= 11 is 11.9. The summed E-state index contributed by atoms with van der Waals surface area (Å²) in [4.78, 5) is 21.7. The van der Waals surface area contributed by atoms with Gasteiger partial charge in [-0.15, -0.1) is 0 Å². The van der Waals surface area contributed by atoms with Gasteiger partial charge in [0.25, 0.3) is 5.78 Å². The highest BCUT2D eigenvalue weighted by molar-refractivity contribution is 6.38. The molecule has 0 aliphatic rings. The molecule has 0 unspecified atom stereocenters. The largest absolute Gasteiger partial charge is 0.507 e. The molecule has 0 bridgehead atoms. The first kappa shape index (κ1) is 19.3.